The van der Waals surface area contributed by atoms with Crippen LogP contribution in [-0.2, 0) is 16.6 Å². The van der Waals surface area contributed by atoms with Crippen LogP contribution >= 0.6 is 11.3 Å². The lowest BCUT2D eigenvalue weighted by Gasteiger charge is -2.24. The molecule has 1 unspecified atom stereocenters. The first-order chi connectivity index (χ1) is 9.87. The van der Waals surface area contributed by atoms with Gasteiger partial charge in [0, 0.05) is 30.1 Å². The Labute approximate surface area is 132 Å². The second-order valence-corrected chi connectivity index (χ2v) is 8.82. The number of sulfonamides is 1. The Balaban J connectivity index is 2.33. The van der Waals surface area contributed by atoms with Crippen LogP contribution in [0.25, 0.3) is 0 Å². The summed E-state index contributed by atoms with van der Waals surface area (Å²) < 4.78 is 27.8. The van der Waals surface area contributed by atoms with Gasteiger partial charge in [0.2, 0.25) is 10.0 Å². The van der Waals surface area contributed by atoms with Crippen molar-refractivity contribution in [2.75, 3.05) is 6.54 Å². The minimum Gasteiger partial charge on any atom is -0.310 e. The molecule has 6 heteroatoms. The Kier molecular flexibility index (Phi) is 5.46. The zero-order valence-corrected chi connectivity index (χ0v) is 15.0. The molecule has 120 valence electrons. The standard InChI is InChI=1S/C15H26N2O2S2/c1-5-13-7-6-8-17(13)21(18,19)15-12(4)10-20-14(15)9-16-11(2)3/h10-11,13,16H,5-9H2,1-4H3. The molecule has 0 amide bonds. The minimum atomic E-state index is -3.36. The highest BCUT2D eigenvalue weighted by Crippen LogP contribution is 2.34. The molecule has 0 bridgehead atoms. The van der Waals surface area contributed by atoms with Gasteiger partial charge in [-0.1, -0.05) is 20.8 Å². The zero-order valence-electron chi connectivity index (χ0n) is 13.3. The van der Waals surface area contributed by atoms with Crippen LogP contribution in [0.1, 0.15) is 50.5 Å². The molecule has 0 spiro atoms. The maximum Gasteiger partial charge on any atom is 0.244 e. The van der Waals surface area contributed by atoms with Crippen molar-refractivity contribution >= 4 is 21.4 Å². The van der Waals surface area contributed by atoms with E-state index in [1.165, 1.54) is 0 Å². The van der Waals surface area contributed by atoms with Gasteiger partial charge in [-0.05, 0) is 37.1 Å². The summed E-state index contributed by atoms with van der Waals surface area (Å²) in [4.78, 5) is 1.48. The van der Waals surface area contributed by atoms with Crippen LogP contribution in [0.4, 0.5) is 0 Å². The number of rotatable bonds is 6. The van der Waals surface area contributed by atoms with Gasteiger partial charge in [-0.2, -0.15) is 4.31 Å². The van der Waals surface area contributed by atoms with Crippen molar-refractivity contribution in [3.63, 3.8) is 0 Å². The van der Waals surface area contributed by atoms with Crippen LogP contribution in [0.3, 0.4) is 0 Å². The van der Waals surface area contributed by atoms with Gasteiger partial charge in [0.25, 0.3) is 0 Å². The Bertz CT molecular complexity index is 578. The summed E-state index contributed by atoms with van der Waals surface area (Å²) in [5.74, 6) is 0. The third-order valence-corrected chi connectivity index (χ3v) is 7.44. The van der Waals surface area contributed by atoms with Gasteiger partial charge in [-0.3, -0.25) is 0 Å². The van der Waals surface area contributed by atoms with Gasteiger partial charge in [0.1, 0.15) is 4.90 Å². The fourth-order valence-corrected chi connectivity index (χ4v) is 6.39. The summed E-state index contributed by atoms with van der Waals surface area (Å²) in [6.07, 6.45) is 2.85. The molecule has 1 aliphatic heterocycles. The highest BCUT2D eigenvalue weighted by Gasteiger charge is 2.36. The molecule has 1 aliphatic rings. The van der Waals surface area contributed by atoms with Crippen LogP contribution in [-0.4, -0.2) is 31.4 Å². The van der Waals surface area contributed by atoms with Gasteiger partial charge in [0.05, 0.1) is 0 Å². The lowest BCUT2D eigenvalue weighted by atomic mass is 10.2. The number of hydrogen-bond donors (Lipinski definition) is 1. The topological polar surface area (TPSA) is 49.4 Å². The van der Waals surface area contributed by atoms with Gasteiger partial charge < -0.3 is 5.32 Å². The van der Waals surface area contributed by atoms with Crippen molar-refractivity contribution in [3.05, 3.63) is 15.8 Å². The molecule has 0 saturated carbocycles. The Hall–Kier alpha value is -0.430. The summed E-state index contributed by atoms with van der Waals surface area (Å²) in [6, 6.07) is 0.512. The third kappa shape index (κ3) is 3.50. The third-order valence-electron chi connectivity index (χ3n) is 4.02. The average Bonchev–Trinajstić information content (AvgIpc) is 3.02. The quantitative estimate of drug-likeness (QED) is 0.872. The highest BCUT2D eigenvalue weighted by atomic mass is 32.2. The molecule has 1 fully saturated rings. The van der Waals surface area contributed by atoms with Crippen LogP contribution in [0.15, 0.2) is 10.3 Å². The summed E-state index contributed by atoms with van der Waals surface area (Å²) in [7, 11) is -3.36. The smallest absolute Gasteiger partial charge is 0.244 e. The molecule has 1 saturated heterocycles. The number of aryl methyl sites for hydroxylation is 1. The van der Waals surface area contributed by atoms with E-state index in [0.29, 0.717) is 24.0 Å². The summed E-state index contributed by atoms with van der Waals surface area (Å²) in [5, 5.41) is 5.29. The van der Waals surface area contributed by atoms with Crippen molar-refractivity contribution in [2.45, 2.75) is 70.5 Å². The summed E-state index contributed by atoms with van der Waals surface area (Å²) in [6.45, 7) is 9.40. The molecule has 0 radical (unpaired) electrons. The molecule has 1 atom stereocenters. The molecular formula is C15H26N2O2S2. The van der Waals surface area contributed by atoms with E-state index in [4.69, 9.17) is 0 Å². The lowest BCUT2D eigenvalue weighted by Crippen LogP contribution is -2.36. The van der Waals surface area contributed by atoms with Crippen molar-refractivity contribution < 1.29 is 8.42 Å². The highest BCUT2D eigenvalue weighted by molar-refractivity contribution is 7.89. The molecule has 1 N–H and O–H groups in total. The molecule has 4 nitrogen and oxygen atoms in total. The van der Waals surface area contributed by atoms with E-state index < -0.39 is 10.0 Å². The fraction of sp³-hybridized carbons (Fsp3) is 0.733. The van der Waals surface area contributed by atoms with Crippen molar-refractivity contribution in [3.8, 4) is 0 Å². The number of nitrogens with one attached hydrogen (secondary N) is 1. The maximum absolute atomic E-state index is 13.1. The average molecular weight is 331 g/mol. The number of hydrogen-bond acceptors (Lipinski definition) is 4. The van der Waals surface area contributed by atoms with Crippen molar-refractivity contribution in [2.24, 2.45) is 0 Å². The normalized spacial score (nSPS) is 20.5. The van der Waals surface area contributed by atoms with Crippen molar-refractivity contribution in [1.29, 1.82) is 0 Å². The first-order valence-electron chi connectivity index (χ1n) is 7.70. The Morgan fingerprint density at radius 2 is 2.19 bits per heavy atom. The van der Waals surface area contributed by atoms with E-state index in [2.05, 4.69) is 26.1 Å². The van der Waals surface area contributed by atoms with E-state index in [0.717, 1.165) is 29.7 Å². The molecule has 0 aliphatic carbocycles. The second-order valence-electron chi connectivity index (χ2n) is 6.03. The second kappa shape index (κ2) is 6.77. The molecule has 0 aromatic carbocycles. The van der Waals surface area contributed by atoms with Crippen molar-refractivity contribution in [1.82, 2.24) is 9.62 Å². The predicted octanol–water partition coefficient (Wildman–Crippen LogP) is 3.12. The Morgan fingerprint density at radius 3 is 2.81 bits per heavy atom. The van der Waals surface area contributed by atoms with Gasteiger partial charge in [-0.25, -0.2) is 8.42 Å². The van der Waals surface area contributed by atoms with E-state index in [-0.39, 0.29) is 6.04 Å². The van der Waals surface area contributed by atoms with Gasteiger partial charge in [0.15, 0.2) is 0 Å². The number of thiophene rings is 1. The van der Waals surface area contributed by atoms with E-state index in [9.17, 15) is 8.42 Å². The van der Waals surface area contributed by atoms with Crippen LogP contribution < -0.4 is 5.32 Å². The van der Waals surface area contributed by atoms with E-state index >= 15 is 0 Å². The fourth-order valence-electron chi connectivity index (χ4n) is 2.90. The Morgan fingerprint density at radius 1 is 1.48 bits per heavy atom. The summed E-state index contributed by atoms with van der Waals surface area (Å²) in [5.41, 5.74) is 0.877. The van der Waals surface area contributed by atoms with Crippen LogP contribution in [0.5, 0.6) is 0 Å². The predicted molar refractivity (Wildman–Crippen MR) is 88.2 cm³/mol. The van der Waals surface area contributed by atoms with Gasteiger partial charge in [-0.15, -0.1) is 11.3 Å². The first-order valence-corrected chi connectivity index (χ1v) is 10.0. The van der Waals surface area contributed by atoms with E-state index in [1.54, 1.807) is 15.6 Å². The largest absolute Gasteiger partial charge is 0.310 e. The van der Waals surface area contributed by atoms with Crippen LogP contribution in [0.2, 0.25) is 0 Å². The monoisotopic (exact) mass is 330 g/mol. The minimum absolute atomic E-state index is 0.167. The summed E-state index contributed by atoms with van der Waals surface area (Å²) >= 11 is 1.54. The maximum atomic E-state index is 13.1. The number of nitrogens with zero attached hydrogens (tertiary/aromatic N) is 1. The molecule has 1 aromatic rings. The molecule has 1 aromatic heterocycles. The van der Waals surface area contributed by atoms with Gasteiger partial charge >= 0.3 is 0 Å². The molecule has 2 heterocycles. The lowest BCUT2D eigenvalue weighted by molar-refractivity contribution is 0.379. The van der Waals surface area contributed by atoms with E-state index in [1.807, 2.05) is 12.3 Å². The zero-order chi connectivity index (χ0) is 15.6. The SMILES string of the molecule is CCC1CCCN1S(=O)(=O)c1c(C)csc1CNC(C)C. The molecule has 21 heavy (non-hydrogen) atoms. The first kappa shape index (κ1) is 16.9. The molecular weight excluding hydrogens is 304 g/mol. The molecule has 2 rings (SSSR count). The van der Waals surface area contributed by atoms with Crippen LogP contribution in [0, 0.1) is 6.92 Å².